The van der Waals surface area contributed by atoms with Crippen molar-refractivity contribution in [2.75, 3.05) is 18.4 Å². The third-order valence-electron chi connectivity index (χ3n) is 3.74. The van der Waals surface area contributed by atoms with Gasteiger partial charge in [0.2, 0.25) is 11.8 Å². The Kier molecular flexibility index (Phi) is 8.58. The number of nitrogens with one attached hydrogen (secondary N) is 3. The highest BCUT2D eigenvalue weighted by Gasteiger charge is 2.17. The van der Waals surface area contributed by atoms with Crippen LogP contribution in [0.1, 0.15) is 31.2 Å². The molecule has 5 nitrogen and oxygen atoms in total. The summed E-state index contributed by atoms with van der Waals surface area (Å²) in [7, 11) is 0. The molecule has 0 radical (unpaired) electrons. The molecule has 2 amide bonds. The van der Waals surface area contributed by atoms with Crippen LogP contribution in [0.2, 0.25) is 0 Å². The molecular formula is C16H23BrClN3O2. The molecule has 1 heterocycles. The first kappa shape index (κ1) is 19.9. The molecule has 1 aliphatic rings. The van der Waals surface area contributed by atoms with Gasteiger partial charge in [0.15, 0.2) is 0 Å². The van der Waals surface area contributed by atoms with Gasteiger partial charge in [0.25, 0.3) is 0 Å². The minimum Gasteiger partial charge on any atom is -0.356 e. The van der Waals surface area contributed by atoms with E-state index in [4.69, 9.17) is 0 Å². The summed E-state index contributed by atoms with van der Waals surface area (Å²) in [5, 5.41) is 8.95. The Hall–Kier alpha value is -1.11. The fraction of sp³-hybridized carbons (Fsp3) is 0.500. The molecule has 0 bridgehead atoms. The Labute approximate surface area is 151 Å². The molecule has 1 saturated heterocycles. The number of hydrogen-bond acceptors (Lipinski definition) is 3. The van der Waals surface area contributed by atoms with Crippen LogP contribution in [0.5, 0.6) is 0 Å². The van der Waals surface area contributed by atoms with Crippen molar-refractivity contribution < 1.29 is 9.59 Å². The molecular weight excluding hydrogens is 382 g/mol. The number of amides is 2. The van der Waals surface area contributed by atoms with Gasteiger partial charge in [-0.3, -0.25) is 9.59 Å². The standard InChI is InChI=1S/C16H22BrN3O2.ClH/c1-11-4-5-12(17)9-14(11)20-15(21)6-8-19-16(22)10-13-3-2-7-18-13;/h4-5,9,13,18H,2-3,6-8,10H2,1H3,(H,19,22)(H,20,21);1H. The van der Waals surface area contributed by atoms with Crippen molar-refractivity contribution in [3.05, 3.63) is 28.2 Å². The number of aryl methyl sites for hydroxylation is 1. The summed E-state index contributed by atoms with van der Waals surface area (Å²) in [6.45, 7) is 3.30. The highest BCUT2D eigenvalue weighted by atomic mass is 79.9. The summed E-state index contributed by atoms with van der Waals surface area (Å²) in [5.74, 6) is -0.0914. The van der Waals surface area contributed by atoms with Gasteiger partial charge in [-0.05, 0) is 44.0 Å². The molecule has 1 fully saturated rings. The second kappa shape index (κ2) is 9.90. The smallest absolute Gasteiger partial charge is 0.226 e. The van der Waals surface area contributed by atoms with E-state index in [-0.39, 0.29) is 36.7 Å². The summed E-state index contributed by atoms with van der Waals surface area (Å²) < 4.78 is 0.922. The zero-order chi connectivity index (χ0) is 15.9. The molecule has 1 aliphatic heterocycles. The summed E-state index contributed by atoms with van der Waals surface area (Å²) in [6, 6.07) is 6.04. The second-order valence-electron chi connectivity index (χ2n) is 5.60. The normalized spacial score (nSPS) is 16.5. The van der Waals surface area contributed by atoms with Crippen LogP contribution < -0.4 is 16.0 Å². The SMILES string of the molecule is Cc1ccc(Br)cc1NC(=O)CCNC(=O)CC1CCCN1.Cl. The molecule has 128 valence electrons. The largest absolute Gasteiger partial charge is 0.356 e. The Morgan fingerprint density at radius 2 is 2.13 bits per heavy atom. The molecule has 1 atom stereocenters. The predicted octanol–water partition coefficient (Wildman–Crippen LogP) is 2.77. The first-order valence-corrected chi connectivity index (χ1v) is 8.40. The van der Waals surface area contributed by atoms with Gasteiger partial charge >= 0.3 is 0 Å². The maximum Gasteiger partial charge on any atom is 0.226 e. The van der Waals surface area contributed by atoms with E-state index < -0.39 is 0 Å². The van der Waals surface area contributed by atoms with Gasteiger partial charge in [0, 0.05) is 35.6 Å². The number of halogens is 2. The number of benzene rings is 1. The minimum atomic E-state index is -0.0968. The molecule has 1 unspecified atom stereocenters. The number of rotatable bonds is 6. The topological polar surface area (TPSA) is 70.2 Å². The molecule has 0 aromatic heterocycles. The van der Waals surface area contributed by atoms with E-state index in [1.165, 1.54) is 0 Å². The van der Waals surface area contributed by atoms with E-state index in [2.05, 4.69) is 31.9 Å². The van der Waals surface area contributed by atoms with Gasteiger partial charge in [-0.2, -0.15) is 0 Å². The van der Waals surface area contributed by atoms with Crippen molar-refractivity contribution in [2.24, 2.45) is 0 Å². The summed E-state index contributed by atoms with van der Waals surface area (Å²) in [5.41, 5.74) is 1.80. The number of carbonyl (C=O) groups excluding carboxylic acids is 2. The first-order chi connectivity index (χ1) is 10.5. The van der Waals surface area contributed by atoms with Crippen LogP contribution in [0.4, 0.5) is 5.69 Å². The molecule has 3 N–H and O–H groups in total. The summed E-state index contributed by atoms with van der Waals surface area (Å²) in [6.07, 6.45) is 2.95. The van der Waals surface area contributed by atoms with Crippen LogP contribution in [-0.2, 0) is 9.59 Å². The lowest BCUT2D eigenvalue weighted by atomic mass is 10.1. The van der Waals surface area contributed by atoms with E-state index >= 15 is 0 Å². The van der Waals surface area contributed by atoms with Crippen molar-refractivity contribution >= 4 is 45.8 Å². The van der Waals surface area contributed by atoms with Crippen molar-refractivity contribution in [1.29, 1.82) is 0 Å². The number of carbonyl (C=O) groups is 2. The lowest BCUT2D eigenvalue weighted by molar-refractivity contribution is -0.121. The van der Waals surface area contributed by atoms with E-state index in [1.54, 1.807) is 0 Å². The molecule has 1 aromatic carbocycles. The molecule has 23 heavy (non-hydrogen) atoms. The van der Waals surface area contributed by atoms with Crippen molar-refractivity contribution in [3.8, 4) is 0 Å². The van der Waals surface area contributed by atoms with Crippen LogP contribution in [0.3, 0.4) is 0 Å². The average Bonchev–Trinajstić information content (AvgIpc) is 2.95. The molecule has 0 spiro atoms. The highest BCUT2D eigenvalue weighted by molar-refractivity contribution is 9.10. The van der Waals surface area contributed by atoms with Crippen LogP contribution in [0.15, 0.2) is 22.7 Å². The Balaban J connectivity index is 0.00000264. The van der Waals surface area contributed by atoms with Crippen LogP contribution >= 0.6 is 28.3 Å². The van der Waals surface area contributed by atoms with Crippen molar-refractivity contribution in [3.63, 3.8) is 0 Å². The predicted molar refractivity (Wildman–Crippen MR) is 98.0 cm³/mol. The molecule has 7 heteroatoms. The fourth-order valence-corrected chi connectivity index (χ4v) is 2.85. The quantitative estimate of drug-likeness (QED) is 0.683. The van der Waals surface area contributed by atoms with Gasteiger partial charge < -0.3 is 16.0 Å². The van der Waals surface area contributed by atoms with E-state index in [0.29, 0.717) is 13.0 Å². The summed E-state index contributed by atoms with van der Waals surface area (Å²) >= 11 is 3.39. The number of anilines is 1. The molecule has 2 rings (SSSR count). The lowest BCUT2D eigenvalue weighted by Crippen LogP contribution is -2.33. The zero-order valence-corrected chi connectivity index (χ0v) is 15.6. The third-order valence-corrected chi connectivity index (χ3v) is 4.24. The minimum absolute atomic E-state index is 0. The monoisotopic (exact) mass is 403 g/mol. The maximum atomic E-state index is 11.9. The van der Waals surface area contributed by atoms with E-state index in [0.717, 1.165) is 35.1 Å². The zero-order valence-electron chi connectivity index (χ0n) is 13.2. The average molecular weight is 405 g/mol. The molecule has 0 aliphatic carbocycles. The second-order valence-corrected chi connectivity index (χ2v) is 6.52. The first-order valence-electron chi connectivity index (χ1n) is 7.60. The third kappa shape index (κ3) is 6.89. The van der Waals surface area contributed by atoms with Gasteiger partial charge in [-0.25, -0.2) is 0 Å². The lowest BCUT2D eigenvalue weighted by Gasteiger charge is -2.11. The maximum absolute atomic E-state index is 11.9. The van der Waals surface area contributed by atoms with Gasteiger partial charge in [0.1, 0.15) is 0 Å². The van der Waals surface area contributed by atoms with Crippen molar-refractivity contribution in [1.82, 2.24) is 10.6 Å². The van der Waals surface area contributed by atoms with Gasteiger partial charge in [0.05, 0.1) is 0 Å². The van der Waals surface area contributed by atoms with Gasteiger partial charge in [-0.15, -0.1) is 12.4 Å². The fourth-order valence-electron chi connectivity index (χ4n) is 2.48. The van der Waals surface area contributed by atoms with Crippen LogP contribution in [0.25, 0.3) is 0 Å². The van der Waals surface area contributed by atoms with Crippen LogP contribution in [-0.4, -0.2) is 30.9 Å². The Bertz CT molecular complexity index is 548. The molecule has 1 aromatic rings. The summed E-state index contributed by atoms with van der Waals surface area (Å²) in [4.78, 5) is 23.7. The van der Waals surface area contributed by atoms with Crippen LogP contribution in [0, 0.1) is 6.92 Å². The highest BCUT2D eigenvalue weighted by Crippen LogP contribution is 2.20. The number of hydrogen-bond donors (Lipinski definition) is 3. The molecule has 0 saturated carbocycles. The van der Waals surface area contributed by atoms with E-state index in [9.17, 15) is 9.59 Å². The van der Waals surface area contributed by atoms with Crippen molar-refractivity contribution in [2.45, 2.75) is 38.6 Å². The Morgan fingerprint density at radius 1 is 1.35 bits per heavy atom. The Morgan fingerprint density at radius 3 is 2.83 bits per heavy atom. The van der Waals surface area contributed by atoms with E-state index in [1.807, 2.05) is 25.1 Å². The van der Waals surface area contributed by atoms with Gasteiger partial charge in [-0.1, -0.05) is 22.0 Å².